The summed E-state index contributed by atoms with van der Waals surface area (Å²) in [5.41, 5.74) is 4.25. The van der Waals surface area contributed by atoms with Crippen LogP contribution in [0.2, 0.25) is 0 Å². The molecule has 2 rings (SSSR count). The van der Waals surface area contributed by atoms with E-state index in [0.29, 0.717) is 11.3 Å². The van der Waals surface area contributed by atoms with Gasteiger partial charge in [-0.2, -0.15) is 18.3 Å². The molecular formula is C16H21F3N4O. The van der Waals surface area contributed by atoms with Crippen molar-refractivity contribution in [3.63, 3.8) is 0 Å². The molecule has 2 aromatic rings. The topological polar surface area (TPSA) is 77.0 Å². The number of aromatic nitrogens is 3. The number of nitrogens with zero attached hydrogens (tertiary/aromatic N) is 3. The highest BCUT2D eigenvalue weighted by Crippen LogP contribution is 2.32. The van der Waals surface area contributed by atoms with E-state index in [1.165, 1.54) is 10.9 Å². The van der Waals surface area contributed by atoms with Crippen molar-refractivity contribution in [2.75, 3.05) is 0 Å². The molecule has 0 saturated carbocycles. The molecule has 8 heteroatoms. The first-order valence-electron chi connectivity index (χ1n) is 7.40. The van der Waals surface area contributed by atoms with Crippen LogP contribution in [0.1, 0.15) is 39.1 Å². The number of pyridine rings is 1. The Morgan fingerprint density at radius 2 is 1.75 bits per heavy atom. The van der Waals surface area contributed by atoms with Crippen LogP contribution in [0, 0.1) is 0 Å². The van der Waals surface area contributed by atoms with Crippen LogP contribution < -0.4 is 5.73 Å². The highest BCUT2D eigenvalue weighted by atomic mass is 19.4. The van der Waals surface area contributed by atoms with Crippen LogP contribution in [-0.2, 0) is 18.3 Å². The van der Waals surface area contributed by atoms with Gasteiger partial charge >= 0.3 is 6.18 Å². The van der Waals surface area contributed by atoms with E-state index >= 15 is 0 Å². The Kier molecular flexibility index (Phi) is 4.49. The number of rotatable bonds is 4. The van der Waals surface area contributed by atoms with E-state index in [1.54, 1.807) is 39.8 Å². The zero-order chi connectivity index (χ0) is 18.3. The van der Waals surface area contributed by atoms with Crippen molar-refractivity contribution in [1.82, 2.24) is 14.8 Å². The molecule has 0 atom stereocenters. The molecule has 0 spiro atoms. The highest BCUT2D eigenvalue weighted by molar-refractivity contribution is 5.59. The van der Waals surface area contributed by atoms with Gasteiger partial charge in [-0.25, -0.2) is 0 Å². The molecule has 132 valence electrons. The van der Waals surface area contributed by atoms with E-state index in [4.69, 9.17) is 5.73 Å². The second kappa shape index (κ2) is 5.86. The molecule has 0 saturated heterocycles. The summed E-state index contributed by atoms with van der Waals surface area (Å²) >= 11 is 0. The molecule has 3 N–H and O–H groups in total. The van der Waals surface area contributed by atoms with Crippen molar-refractivity contribution in [1.29, 1.82) is 0 Å². The molecule has 0 radical (unpaired) electrons. The Bertz CT molecular complexity index is 707. The smallest absolute Gasteiger partial charge is 0.384 e. The van der Waals surface area contributed by atoms with Crippen LogP contribution in [0.3, 0.4) is 0 Å². The van der Waals surface area contributed by atoms with E-state index in [-0.39, 0.29) is 12.2 Å². The Balaban J connectivity index is 2.49. The summed E-state index contributed by atoms with van der Waals surface area (Å²) in [7, 11) is 0. The lowest BCUT2D eigenvalue weighted by Crippen LogP contribution is -2.37. The van der Waals surface area contributed by atoms with Gasteiger partial charge in [0.05, 0.1) is 17.9 Å². The summed E-state index contributed by atoms with van der Waals surface area (Å²) in [6, 6.07) is 4.16. The van der Waals surface area contributed by atoms with Crippen molar-refractivity contribution < 1.29 is 18.3 Å². The molecule has 0 aliphatic carbocycles. The molecule has 24 heavy (non-hydrogen) atoms. The van der Waals surface area contributed by atoms with E-state index < -0.39 is 23.0 Å². The summed E-state index contributed by atoms with van der Waals surface area (Å²) < 4.78 is 40.2. The molecule has 0 unspecified atom stereocenters. The maximum absolute atomic E-state index is 13.0. The normalized spacial score (nSPS) is 13.4. The summed E-state index contributed by atoms with van der Waals surface area (Å²) in [4.78, 5) is 4.13. The monoisotopic (exact) mass is 342 g/mol. The lowest BCUT2D eigenvalue weighted by molar-refractivity contribution is -0.141. The van der Waals surface area contributed by atoms with Crippen LogP contribution in [0.25, 0.3) is 11.3 Å². The molecule has 5 nitrogen and oxygen atoms in total. The molecule has 0 amide bonds. The van der Waals surface area contributed by atoms with Crippen molar-refractivity contribution in [2.45, 2.75) is 51.6 Å². The molecule has 0 aliphatic heterocycles. The summed E-state index contributed by atoms with van der Waals surface area (Å²) in [5.74, 6) is 0. The van der Waals surface area contributed by atoms with Gasteiger partial charge in [0.2, 0.25) is 0 Å². The van der Waals surface area contributed by atoms with Crippen LogP contribution in [0.15, 0.2) is 24.4 Å². The first kappa shape index (κ1) is 18.4. The fourth-order valence-electron chi connectivity index (χ4n) is 2.20. The number of hydrogen-bond acceptors (Lipinski definition) is 4. The quantitative estimate of drug-likeness (QED) is 0.896. The number of hydrogen-bond donors (Lipinski definition) is 2. The van der Waals surface area contributed by atoms with Gasteiger partial charge in [-0.15, -0.1) is 0 Å². The number of alkyl halides is 3. The van der Waals surface area contributed by atoms with Gasteiger partial charge in [0.15, 0.2) is 5.69 Å². The molecule has 2 aromatic heterocycles. The average molecular weight is 342 g/mol. The summed E-state index contributed by atoms with van der Waals surface area (Å²) in [6.45, 7) is 6.70. The first-order chi connectivity index (χ1) is 10.8. The lowest BCUT2D eigenvalue weighted by atomic mass is 10.0. The van der Waals surface area contributed by atoms with E-state index in [9.17, 15) is 18.3 Å². The number of aliphatic hydroxyl groups is 1. The maximum atomic E-state index is 13.0. The average Bonchev–Trinajstić information content (AvgIpc) is 2.79. The zero-order valence-corrected chi connectivity index (χ0v) is 14.0. The lowest BCUT2D eigenvalue weighted by Gasteiger charge is -2.20. The van der Waals surface area contributed by atoms with Crippen LogP contribution >= 0.6 is 0 Å². The standard InChI is InChI=1S/C16H21F3N4O/c1-14(2,20)9-23-11(7-13(22-23)16(17,18)19)10-5-6-12(21-8-10)15(3,4)24/h5-8,24H,9,20H2,1-4H3. The summed E-state index contributed by atoms with van der Waals surface area (Å²) in [6.07, 6.45) is -3.12. The van der Waals surface area contributed by atoms with Crippen molar-refractivity contribution >= 4 is 0 Å². The van der Waals surface area contributed by atoms with E-state index in [0.717, 1.165) is 6.07 Å². The highest BCUT2D eigenvalue weighted by Gasteiger charge is 2.35. The molecule has 0 aliphatic rings. The minimum Gasteiger partial charge on any atom is -0.384 e. The third kappa shape index (κ3) is 4.33. The van der Waals surface area contributed by atoms with Crippen molar-refractivity contribution in [2.24, 2.45) is 5.73 Å². The van der Waals surface area contributed by atoms with Crippen LogP contribution in [0.5, 0.6) is 0 Å². The van der Waals surface area contributed by atoms with E-state index in [1.807, 2.05) is 0 Å². The fourth-order valence-corrected chi connectivity index (χ4v) is 2.20. The molecule has 0 fully saturated rings. The minimum absolute atomic E-state index is 0.117. The number of nitrogens with two attached hydrogens (primary N) is 1. The predicted molar refractivity (Wildman–Crippen MR) is 84.0 cm³/mol. The molecule has 2 heterocycles. The Hall–Kier alpha value is -1.93. The summed E-state index contributed by atoms with van der Waals surface area (Å²) in [5, 5.41) is 13.6. The van der Waals surface area contributed by atoms with Gasteiger partial charge in [-0.05, 0) is 45.9 Å². The Morgan fingerprint density at radius 3 is 2.17 bits per heavy atom. The third-order valence-electron chi connectivity index (χ3n) is 3.31. The maximum Gasteiger partial charge on any atom is 0.435 e. The van der Waals surface area contributed by atoms with Gasteiger partial charge in [0.1, 0.15) is 5.60 Å². The van der Waals surface area contributed by atoms with Crippen molar-refractivity contribution in [3.05, 3.63) is 35.8 Å². The van der Waals surface area contributed by atoms with Gasteiger partial charge in [0.25, 0.3) is 0 Å². The van der Waals surface area contributed by atoms with Crippen molar-refractivity contribution in [3.8, 4) is 11.3 Å². The first-order valence-corrected chi connectivity index (χ1v) is 7.40. The molecule has 0 bridgehead atoms. The van der Waals surface area contributed by atoms with Gasteiger partial charge in [-0.3, -0.25) is 9.67 Å². The molecule has 0 aromatic carbocycles. The van der Waals surface area contributed by atoms with Crippen LogP contribution in [-0.4, -0.2) is 25.4 Å². The SMILES string of the molecule is CC(C)(N)Cn1nc(C(F)(F)F)cc1-c1ccc(C(C)(C)O)nc1. The third-order valence-corrected chi connectivity index (χ3v) is 3.31. The van der Waals surface area contributed by atoms with Gasteiger partial charge < -0.3 is 10.8 Å². The number of halogens is 3. The second-order valence-electron chi connectivity index (χ2n) is 7.05. The Morgan fingerprint density at radius 1 is 1.12 bits per heavy atom. The minimum atomic E-state index is -4.54. The fraction of sp³-hybridized carbons (Fsp3) is 0.500. The van der Waals surface area contributed by atoms with Gasteiger partial charge in [-0.1, -0.05) is 0 Å². The molecular weight excluding hydrogens is 321 g/mol. The van der Waals surface area contributed by atoms with Gasteiger partial charge in [0, 0.05) is 17.3 Å². The van der Waals surface area contributed by atoms with E-state index in [2.05, 4.69) is 10.1 Å². The predicted octanol–water partition coefficient (Wildman–Crippen LogP) is 2.93. The van der Waals surface area contributed by atoms with Crippen LogP contribution in [0.4, 0.5) is 13.2 Å². The zero-order valence-electron chi connectivity index (χ0n) is 14.0. The Labute approximate surface area is 138 Å². The largest absolute Gasteiger partial charge is 0.435 e. The second-order valence-corrected chi connectivity index (χ2v) is 7.05.